The van der Waals surface area contributed by atoms with E-state index in [1.54, 1.807) is 0 Å². The number of fused-ring (bicyclic) bond motifs is 6. The van der Waals surface area contributed by atoms with E-state index in [2.05, 4.69) is 307 Å². The quantitative estimate of drug-likeness (QED) is 0.133. The first kappa shape index (κ1) is 57.5. The first-order valence-electron chi connectivity index (χ1n) is 32.0. The van der Waals surface area contributed by atoms with Gasteiger partial charge in [-0.1, -0.05) is 244 Å². The summed E-state index contributed by atoms with van der Waals surface area (Å²) in [5.41, 5.74) is 32.3. The van der Waals surface area contributed by atoms with Crippen LogP contribution in [0.3, 0.4) is 0 Å². The van der Waals surface area contributed by atoms with Gasteiger partial charge in [0.1, 0.15) is 0 Å². The van der Waals surface area contributed by atoms with Crippen LogP contribution < -0.4 is 31.1 Å². The molecule has 13 rings (SSSR count). The zero-order chi connectivity index (χ0) is 60.6. The van der Waals surface area contributed by atoms with Gasteiger partial charge in [0.25, 0.3) is 6.71 Å². The van der Waals surface area contributed by atoms with E-state index in [1.165, 1.54) is 117 Å². The molecule has 0 N–H and O–H groups in total. The van der Waals surface area contributed by atoms with Crippen molar-refractivity contribution in [3.8, 4) is 22.3 Å². The highest BCUT2D eigenvalue weighted by molar-refractivity contribution is 7.00. The number of rotatable bonds is 9. The molecule has 9 aromatic carbocycles. The molecule has 436 valence electrons. The van der Waals surface area contributed by atoms with Crippen LogP contribution in [-0.4, -0.2) is 6.71 Å². The van der Waals surface area contributed by atoms with E-state index in [0.29, 0.717) is 13.1 Å². The Bertz CT molecular complexity index is 3820. The third kappa shape index (κ3) is 10.6. The fourth-order valence-electron chi connectivity index (χ4n) is 14.9. The largest absolute Gasteiger partial charge is 0.338 e. The van der Waals surface area contributed by atoms with Crippen molar-refractivity contribution in [2.75, 3.05) is 14.7 Å². The molecule has 2 heterocycles. The van der Waals surface area contributed by atoms with Gasteiger partial charge in [0.2, 0.25) is 0 Å². The zero-order valence-electron chi connectivity index (χ0n) is 54.5. The Morgan fingerprint density at radius 3 is 1.05 bits per heavy atom. The molecule has 0 fully saturated rings. The second-order valence-electron chi connectivity index (χ2n) is 31.8. The molecule has 3 nitrogen and oxygen atoms in total. The standard InChI is InChI=1S/C82H90BN3/c1-77(2,3)61-31-35-65(36-32-61)86(66-37-33-62(34-38-66)78(4,5)6)67-45-74-76-75(46-67)85(52-56-28-30-64(80(10,11)12)44-69(56)54-25-21-18-22-26-54)73-42-60-50-82(15,16)48-58(60)40-71(73)83(76)70-39-57-47-81(13,14)49-59(57)41-72(70)84(74)51-55-27-29-63(79(7,8)9)43-68(55)53-23-19-17-20-24-53/h17-46H,47-52H2,1-16H3. The fraction of sp³-hybridized carbons (Fsp3) is 0.341. The third-order valence-electron chi connectivity index (χ3n) is 19.6. The van der Waals surface area contributed by atoms with Gasteiger partial charge in [-0.25, -0.2) is 0 Å². The second kappa shape index (κ2) is 20.5. The van der Waals surface area contributed by atoms with Crippen molar-refractivity contribution in [3.05, 3.63) is 238 Å². The van der Waals surface area contributed by atoms with E-state index in [1.807, 2.05) is 0 Å². The van der Waals surface area contributed by atoms with Gasteiger partial charge in [-0.3, -0.25) is 0 Å². The van der Waals surface area contributed by atoms with Crippen molar-refractivity contribution < 1.29 is 0 Å². The molecule has 9 aromatic rings. The van der Waals surface area contributed by atoms with E-state index >= 15 is 0 Å². The minimum atomic E-state index is -0.0208. The highest BCUT2D eigenvalue weighted by Crippen LogP contribution is 2.50. The molecular formula is C82H90BN3. The Morgan fingerprint density at radius 2 is 0.698 bits per heavy atom. The third-order valence-corrected chi connectivity index (χ3v) is 19.6. The maximum Gasteiger partial charge on any atom is 0.252 e. The molecule has 0 saturated heterocycles. The van der Waals surface area contributed by atoms with Gasteiger partial charge in [0, 0.05) is 47.2 Å². The molecule has 0 aromatic heterocycles. The van der Waals surface area contributed by atoms with Crippen molar-refractivity contribution >= 4 is 62.9 Å². The van der Waals surface area contributed by atoms with Gasteiger partial charge < -0.3 is 14.7 Å². The topological polar surface area (TPSA) is 9.72 Å². The van der Waals surface area contributed by atoms with E-state index < -0.39 is 0 Å². The lowest BCUT2D eigenvalue weighted by atomic mass is 9.33. The molecule has 0 spiro atoms. The Kier molecular flexibility index (Phi) is 13.7. The molecule has 0 bridgehead atoms. The van der Waals surface area contributed by atoms with Crippen LogP contribution in [-0.2, 0) is 60.4 Å². The summed E-state index contributed by atoms with van der Waals surface area (Å²) in [5.74, 6) is 0. The Labute approximate surface area is 516 Å². The van der Waals surface area contributed by atoms with E-state index in [0.717, 1.165) is 42.7 Å². The van der Waals surface area contributed by atoms with Gasteiger partial charge in [-0.05, 0) is 201 Å². The van der Waals surface area contributed by atoms with Crippen LogP contribution in [0, 0.1) is 10.8 Å². The molecule has 0 unspecified atom stereocenters. The summed E-state index contributed by atoms with van der Waals surface area (Å²) in [7, 11) is 0. The number of benzene rings is 9. The first-order valence-corrected chi connectivity index (χ1v) is 32.0. The van der Waals surface area contributed by atoms with Gasteiger partial charge in [-0.2, -0.15) is 0 Å². The van der Waals surface area contributed by atoms with E-state index in [9.17, 15) is 0 Å². The number of hydrogen-bond acceptors (Lipinski definition) is 3. The average molecular weight is 1130 g/mol. The summed E-state index contributed by atoms with van der Waals surface area (Å²) in [6.45, 7) is 39.3. The van der Waals surface area contributed by atoms with E-state index in [-0.39, 0.29) is 39.2 Å². The molecule has 0 atom stereocenters. The van der Waals surface area contributed by atoms with Crippen LogP contribution in [0.1, 0.15) is 166 Å². The average Bonchev–Trinajstić information content (AvgIpc) is 1.05. The summed E-state index contributed by atoms with van der Waals surface area (Å²) < 4.78 is 0. The molecule has 0 saturated carbocycles. The Hall–Kier alpha value is -7.56. The van der Waals surface area contributed by atoms with Crippen LogP contribution >= 0.6 is 0 Å². The molecule has 4 aliphatic rings. The first-order chi connectivity index (χ1) is 40.6. The molecule has 0 radical (unpaired) electrons. The lowest BCUT2D eigenvalue weighted by Crippen LogP contribution is -2.62. The highest BCUT2D eigenvalue weighted by atomic mass is 15.2. The summed E-state index contributed by atoms with van der Waals surface area (Å²) in [5, 5.41) is 0. The van der Waals surface area contributed by atoms with Crippen molar-refractivity contribution in [1.29, 1.82) is 0 Å². The Balaban J connectivity index is 1.14. The highest BCUT2D eigenvalue weighted by Gasteiger charge is 2.46. The fourth-order valence-corrected chi connectivity index (χ4v) is 14.9. The molecule has 0 amide bonds. The molecule has 2 aliphatic heterocycles. The number of hydrogen-bond donors (Lipinski definition) is 0. The summed E-state index contributed by atoms with van der Waals surface area (Å²) in [6.07, 6.45) is 4.29. The predicted molar refractivity (Wildman–Crippen MR) is 371 cm³/mol. The predicted octanol–water partition coefficient (Wildman–Crippen LogP) is 19.7. The zero-order valence-corrected chi connectivity index (χ0v) is 54.5. The second-order valence-corrected chi connectivity index (χ2v) is 31.8. The molecule has 86 heavy (non-hydrogen) atoms. The van der Waals surface area contributed by atoms with Crippen LogP contribution in [0.2, 0.25) is 0 Å². The monoisotopic (exact) mass is 1130 g/mol. The van der Waals surface area contributed by atoms with Crippen molar-refractivity contribution in [2.45, 2.75) is 171 Å². The molecule has 2 aliphatic carbocycles. The van der Waals surface area contributed by atoms with Gasteiger partial charge in [-0.15, -0.1) is 0 Å². The van der Waals surface area contributed by atoms with Gasteiger partial charge >= 0.3 is 0 Å². The van der Waals surface area contributed by atoms with Crippen LogP contribution in [0.25, 0.3) is 22.3 Å². The van der Waals surface area contributed by atoms with Crippen molar-refractivity contribution in [2.24, 2.45) is 10.8 Å². The summed E-state index contributed by atoms with van der Waals surface area (Å²) >= 11 is 0. The van der Waals surface area contributed by atoms with Crippen LogP contribution in [0.4, 0.5) is 39.8 Å². The molecular weight excluding hydrogens is 1040 g/mol. The molecule has 4 heteroatoms. The maximum atomic E-state index is 2.77. The minimum Gasteiger partial charge on any atom is -0.338 e. The summed E-state index contributed by atoms with van der Waals surface area (Å²) in [6, 6.07) is 71.9. The van der Waals surface area contributed by atoms with Gasteiger partial charge in [0.05, 0.1) is 5.69 Å². The SMILES string of the molecule is CC1(C)Cc2cc3c(cc2C1)N(Cc1ccc(C(C)(C)C)cc1-c1ccccc1)c1cc(N(c2ccc(C(C)(C)C)cc2)c2ccc(C(C)(C)C)cc2)cc2c1B3c1cc3c(cc1N2Cc1ccc(C(C)(C)C)cc1-c1ccccc1)CC(C)(C)C3. The van der Waals surface area contributed by atoms with Crippen molar-refractivity contribution in [3.63, 3.8) is 0 Å². The summed E-state index contributed by atoms with van der Waals surface area (Å²) in [4.78, 5) is 8.10. The number of nitrogens with zero attached hydrogens (tertiary/aromatic N) is 3. The van der Waals surface area contributed by atoms with Crippen molar-refractivity contribution in [1.82, 2.24) is 0 Å². The maximum absolute atomic E-state index is 2.77. The minimum absolute atomic E-state index is 0.00264. The lowest BCUT2D eigenvalue weighted by molar-refractivity contribution is 0.392. The number of anilines is 7. The van der Waals surface area contributed by atoms with Crippen LogP contribution in [0.15, 0.2) is 182 Å². The van der Waals surface area contributed by atoms with E-state index in [4.69, 9.17) is 0 Å². The smallest absolute Gasteiger partial charge is 0.252 e. The van der Waals surface area contributed by atoms with Gasteiger partial charge in [0.15, 0.2) is 0 Å². The van der Waals surface area contributed by atoms with Crippen LogP contribution in [0.5, 0.6) is 0 Å². The Morgan fingerprint density at radius 1 is 0.360 bits per heavy atom. The lowest BCUT2D eigenvalue weighted by Gasteiger charge is -2.46. The normalized spacial score (nSPS) is 15.7.